The second-order valence-corrected chi connectivity index (χ2v) is 8.83. The number of sulfonamides is 1. The molecular weight excluding hydrogens is 358 g/mol. The van der Waals surface area contributed by atoms with Crippen LogP contribution in [0.4, 0.5) is 0 Å². The molecule has 2 aliphatic heterocycles. The van der Waals surface area contributed by atoms with E-state index < -0.39 is 15.6 Å². The summed E-state index contributed by atoms with van der Waals surface area (Å²) in [5.41, 5.74) is -0.570. The number of β-amino-alcohol motifs (C(OH)–C–C–N with tert-alkyl or cyclic N) is 1. The summed E-state index contributed by atoms with van der Waals surface area (Å²) in [5, 5.41) is 14.6. The first-order valence-electron chi connectivity index (χ1n) is 8.67. The Bertz CT molecular complexity index is 942. The van der Waals surface area contributed by atoms with Gasteiger partial charge in [0.2, 0.25) is 10.0 Å². The molecular formula is C17H21N3O5S. The maximum atomic E-state index is 13.0. The first-order chi connectivity index (χ1) is 12.3. The normalized spacial score (nSPS) is 26.0. The highest BCUT2D eigenvalue weighted by Gasteiger charge is 2.46. The zero-order valence-electron chi connectivity index (χ0n) is 14.7. The Morgan fingerprint density at radius 2 is 2.23 bits per heavy atom. The van der Waals surface area contributed by atoms with Crippen molar-refractivity contribution in [1.82, 2.24) is 14.4 Å². The molecule has 0 aliphatic carbocycles. The third-order valence-corrected chi connectivity index (χ3v) is 6.74. The van der Waals surface area contributed by atoms with Gasteiger partial charge in [-0.2, -0.15) is 9.29 Å². The fourth-order valence-corrected chi connectivity index (χ4v) is 4.98. The molecule has 2 aliphatic rings. The first-order valence-corrected chi connectivity index (χ1v) is 10.1. The van der Waals surface area contributed by atoms with E-state index in [-0.39, 0.29) is 36.4 Å². The third kappa shape index (κ3) is 2.80. The number of aryl methyl sites for hydroxylation is 1. The number of hydrogen-bond donors (Lipinski definition) is 1. The summed E-state index contributed by atoms with van der Waals surface area (Å²) in [5.74, 6) is 1.29. The average molecular weight is 379 g/mol. The molecule has 1 aromatic carbocycles. The highest BCUT2D eigenvalue weighted by atomic mass is 32.2. The molecule has 3 heterocycles. The van der Waals surface area contributed by atoms with Crippen LogP contribution in [0.25, 0.3) is 0 Å². The van der Waals surface area contributed by atoms with E-state index in [1.807, 2.05) is 13.8 Å². The minimum atomic E-state index is -3.73. The van der Waals surface area contributed by atoms with Gasteiger partial charge in [-0.05, 0) is 30.7 Å². The van der Waals surface area contributed by atoms with Crippen molar-refractivity contribution in [3.63, 3.8) is 0 Å². The van der Waals surface area contributed by atoms with Crippen molar-refractivity contribution in [3.05, 3.63) is 35.5 Å². The van der Waals surface area contributed by atoms with Gasteiger partial charge in [0.15, 0.2) is 11.4 Å². The number of rotatable bonds is 4. The molecule has 8 nitrogen and oxygen atoms in total. The van der Waals surface area contributed by atoms with Crippen LogP contribution in [-0.2, 0) is 28.5 Å². The number of aliphatic hydroxyl groups is 1. The molecule has 26 heavy (non-hydrogen) atoms. The Hall–Kier alpha value is -1.97. The molecule has 1 saturated heterocycles. The molecule has 0 saturated carbocycles. The second-order valence-electron chi connectivity index (χ2n) is 6.89. The molecule has 0 radical (unpaired) electrons. The average Bonchev–Trinajstić information content (AvgIpc) is 3.31. The summed E-state index contributed by atoms with van der Waals surface area (Å²) in [7, 11) is -3.73. The lowest BCUT2D eigenvalue weighted by atomic mass is 10.0. The molecule has 2 atom stereocenters. The Balaban J connectivity index is 1.59. The van der Waals surface area contributed by atoms with Gasteiger partial charge in [0.1, 0.15) is 11.9 Å². The predicted octanol–water partition coefficient (Wildman–Crippen LogP) is 1.24. The number of ether oxygens (including phenoxy) is 1. The van der Waals surface area contributed by atoms with Crippen LogP contribution in [0.5, 0.6) is 5.75 Å². The topological polar surface area (TPSA) is 106 Å². The van der Waals surface area contributed by atoms with E-state index in [0.717, 1.165) is 11.3 Å². The van der Waals surface area contributed by atoms with Crippen LogP contribution in [0.1, 0.15) is 37.5 Å². The fraction of sp³-hybridized carbons (Fsp3) is 0.529. The smallest absolute Gasteiger partial charge is 0.260 e. The second kappa shape index (κ2) is 6.04. The number of hydrogen-bond acceptors (Lipinski definition) is 7. The molecule has 0 spiro atoms. The molecule has 0 amide bonds. The molecule has 4 rings (SSSR count). The summed E-state index contributed by atoms with van der Waals surface area (Å²) in [6.45, 7) is 3.91. The van der Waals surface area contributed by atoms with Gasteiger partial charge in [-0.25, -0.2) is 8.42 Å². The zero-order valence-corrected chi connectivity index (χ0v) is 15.5. The van der Waals surface area contributed by atoms with Gasteiger partial charge in [-0.15, -0.1) is 0 Å². The predicted molar refractivity (Wildman–Crippen MR) is 91.2 cm³/mol. The molecule has 0 bridgehead atoms. The van der Waals surface area contributed by atoms with Gasteiger partial charge in [-0.3, -0.25) is 0 Å². The Morgan fingerprint density at radius 1 is 1.42 bits per heavy atom. The van der Waals surface area contributed by atoms with Crippen LogP contribution in [0.2, 0.25) is 0 Å². The SMILES string of the molecule is CCc1noc([C@]2(O)CCN(S(=O)(=O)c3ccc4c(c3)C[C@@H](C)O4)C2)n1. The van der Waals surface area contributed by atoms with E-state index in [1.54, 1.807) is 18.2 Å². The van der Waals surface area contributed by atoms with Crippen LogP contribution in [0.3, 0.4) is 0 Å². The number of fused-ring (bicyclic) bond motifs is 1. The van der Waals surface area contributed by atoms with E-state index >= 15 is 0 Å². The van der Waals surface area contributed by atoms with Gasteiger partial charge in [0.05, 0.1) is 11.4 Å². The van der Waals surface area contributed by atoms with E-state index in [9.17, 15) is 13.5 Å². The quantitative estimate of drug-likeness (QED) is 0.852. The summed E-state index contributed by atoms with van der Waals surface area (Å²) in [4.78, 5) is 4.37. The minimum absolute atomic E-state index is 0.0464. The van der Waals surface area contributed by atoms with Crippen molar-refractivity contribution in [2.45, 2.75) is 49.7 Å². The maximum Gasteiger partial charge on any atom is 0.260 e. The van der Waals surface area contributed by atoms with Gasteiger partial charge in [0.25, 0.3) is 5.89 Å². The van der Waals surface area contributed by atoms with Crippen LogP contribution in [0, 0.1) is 0 Å². The van der Waals surface area contributed by atoms with Crippen molar-refractivity contribution >= 4 is 10.0 Å². The molecule has 0 unspecified atom stereocenters. The van der Waals surface area contributed by atoms with Crippen LogP contribution >= 0.6 is 0 Å². The Morgan fingerprint density at radius 3 is 2.96 bits per heavy atom. The molecule has 1 fully saturated rings. The summed E-state index contributed by atoms with van der Waals surface area (Å²) < 4.78 is 38.0. The summed E-state index contributed by atoms with van der Waals surface area (Å²) >= 11 is 0. The molecule has 1 aromatic heterocycles. The van der Waals surface area contributed by atoms with Crippen molar-refractivity contribution in [2.24, 2.45) is 0 Å². The van der Waals surface area contributed by atoms with Gasteiger partial charge < -0.3 is 14.4 Å². The lowest BCUT2D eigenvalue weighted by Crippen LogP contribution is -2.34. The Labute approximate surface area is 151 Å². The zero-order chi connectivity index (χ0) is 18.5. The number of nitrogens with zero attached hydrogens (tertiary/aromatic N) is 3. The molecule has 140 valence electrons. The highest BCUT2D eigenvalue weighted by molar-refractivity contribution is 7.89. The third-order valence-electron chi connectivity index (χ3n) is 4.90. The standard InChI is InChI=1S/C17H21N3O5S/c1-3-15-18-16(25-19-15)17(21)6-7-20(10-17)26(22,23)13-4-5-14-12(9-13)8-11(2)24-14/h4-5,9,11,21H,3,6-8,10H2,1-2H3/t11-,17+/m1/s1. The van der Waals surface area contributed by atoms with Crippen LogP contribution < -0.4 is 4.74 Å². The van der Waals surface area contributed by atoms with Crippen molar-refractivity contribution in [2.75, 3.05) is 13.1 Å². The molecule has 9 heteroatoms. The highest BCUT2D eigenvalue weighted by Crippen LogP contribution is 2.36. The monoisotopic (exact) mass is 379 g/mol. The number of benzene rings is 1. The van der Waals surface area contributed by atoms with Gasteiger partial charge >= 0.3 is 0 Å². The Kier molecular flexibility index (Phi) is 4.05. The minimum Gasteiger partial charge on any atom is -0.490 e. The fourth-order valence-electron chi connectivity index (χ4n) is 3.43. The molecule has 1 N–H and O–H groups in total. The first kappa shape index (κ1) is 17.4. The van der Waals surface area contributed by atoms with Crippen LogP contribution in [0.15, 0.2) is 27.6 Å². The van der Waals surface area contributed by atoms with E-state index in [4.69, 9.17) is 9.26 Å². The molecule has 2 aromatic rings. The summed E-state index contributed by atoms with van der Waals surface area (Å²) in [6, 6.07) is 4.90. The van der Waals surface area contributed by atoms with E-state index in [2.05, 4.69) is 10.1 Å². The van der Waals surface area contributed by atoms with Crippen molar-refractivity contribution < 1.29 is 22.8 Å². The van der Waals surface area contributed by atoms with Crippen molar-refractivity contribution in [3.8, 4) is 5.75 Å². The van der Waals surface area contributed by atoms with E-state index in [0.29, 0.717) is 18.7 Å². The maximum absolute atomic E-state index is 13.0. The van der Waals surface area contributed by atoms with Gasteiger partial charge in [0, 0.05) is 25.8 Å². The van der Waals surface area contributed by atoms with E-state index in [1.165, 1.54) is 4.31 Å². The summed E-state index contributed by atoms with van der Waals surface area (Å²) in [6.07, 6.45) is 1.52. The largest absolute Gasteiger partial charge is 0.490 e. The van der Waals surface area contributed by atoms with Gasteiger partial charge in [-0.1, -0.05) is 12.1 Å². The van der Waals surface area contributed by atoms with Crippen LogP contribution in [-0.4, -0.2) is 47.2 Å². The lowest BCUT2D eigenvalue weighted by Gasteiger charge is -2.20. The lowest BCUT2D eigenvalue weighted by molar-refractivity contribution is 0.0194. The number of aromatic nitrogens is 2. The van der Waals surface area contributed by atoms with Crippen molar-refractivity contribution in [1.29, 1.82) is 0 Å².